The van der Waals surface area contributed by atoms with Crippen LogP contribution in [0.3, 0.4) is 0 Å². The Morgan fingerprint density at radius 1 is 0.938 bits per heavy atom. The smallest absolute Gasteiger partial charge is 0.174 e. The van der Waals surface area contributed by atoms with Gasteiger partial charge in [0.15, 0.2) is 5.11 Å². The van der Waals surface area contributed by atoms with Crippen LogP contribution in [0.2, 0.25) is 0 Å². The number of hydrogen-bond donors (Lipinski definition) is 1. The van der Waals surface area contributed by atoms with E-state index in [4.69, 9.17) is 17.0 Å². The lowest BCUT2D eigenvalue weighted by molar-refractivity contribution is 0.414. The number of aromatic nitrogens is 2. The molecule has 4 aromatic rings. The molecular weight excluding hydrogens is 416 g/mol. The summed E-state index contributed by atoms with van der Waals surface area (Å²) in [4.78, 5) is 6.85. The number of benzene rings is 2. The van der Waals surface area contributed by atoms with Crippen molar-refractivity contribution in [3.63, 3.8) is 0 Å². The van der Waals surface area contributed by atoms with Crippen molar-refractivity contribution in [1.29, 1.82) is 0 Å². The zero-order chi connectivity index (χ0) is 22.1. The summed E-state index contributed by atoms with van der Waals surface area (Å²) >= 11 is 5.85. The second-order valence-corrected chi connectivity index (χ2v) is 8.23. The highest BCUT2D eigenvalue weighted by Crippen LogP contribution is 2.42. The third-order valence-corrected chi connectivity index (χ3v) is 6.11. The van der Waals surface area contributed by atoms with Gasteiger partial charge in [-0.15, -0.1) is 0 Å². The lowest BCUT2D eigenvalue weighted by Crippen LogP contribution is -2.30. The highest BCUT2D eigenvalue weighted by atomic mass is 32.1. The molecule has 1 N–H and O–H groups in total. The van der Waals surface area contributed by atoms with Crippen molar-refractivity contribution in [3.05, 3.63) is 108 Å². The number of nitrogens with one attached hydrogen (secondary N) is 1. The van der Waals surface area contributed by atoms with E-state index < -0.39 is 0 Å². The molecule has 1 fully saturated rings. The highest BCUT2D eigenvalue weighted by molar-refractivity contribution is 7.80. The van der Waals surface area contributed by atoms with Crippen LogP contribution in [0, 0.1) is 6.92 Å². The fraction of sp³-hybridized carbons (Fsp3) is 0.154. The normalized spacial score (nSPS) is 17.9. The molecule has 0 aliphatic carbocycles. The molecule has 1 aliphatic heterocycles. The summed E-state index contributed by atoms with van der Waals surface area (Å²) in [6.45, 7) is 2.10. The van der Waals surface area contributed by atoms with E-state index in [1.165, 1.54) is 5.56 Å². The number of rotatable bonds is 5. The quantitative estimate of drug-likeness (QED) is 0.423. The minimum Gasteiger partial charge on any atom is -0.497 e. The maximum absolute atomic E-state index is 5.85. The fourth-order valence-corrected chi connectivity index (χ4v) is 4.69. The Labute approximate surface area is 193 Å². The van der Waals surface area contributed by atoms with Gasteiger partial charge in [0.1, 0.15) is 11.8 Å². The van der Waals surface area contributed by atoms with E-state index in [0.29, 0.717) is 5.11 Å². The van der Waals surface area contributed by atoms with Crippen LogP contribution in [0.25, 0.3) is 5.69 Å². The summed E-state index contributed by atoms with van der Waals surface area (Å²) in [6, 6.07) is 26.6. The highest BCUT2D eigenvalue weighted by Gasteiger charge is 2.42. The molecule has 0 bridgehead atoms. The third kappa shape index (κ3) is 3.63. The lowest BCUT2D eigenvalue weighted by atomic mass is 10.0. The zero-order valence-electron chi connectivity index (χ0n) is 18.0. The van der Waals surface area contributed by atoms with Gasteiger partial charge in [-0.2, -0.15) is 0 Å². The molecule has 2 atom stereocenters. The first-order chi connectivity index (χ1) is 15.7. The van der Waals surface area contributed by atoms with Crippen molar-refractivity contribution in [2.24, 2.45) is 0 Å². The van der Waals surface area contributed by atoms with E-state index in [-0.39, 0.29) is 12.1 Å². The van der Waals surface area contributed by atoms with Crippen LogP contribution < -0.4 is 15.0 Å². The minimum absolute atomic E-state index is 0.0830. The maximum atomic E-state index is 5.85. The van der Waals surface area contributed by atoms with Crippen LogP contribution in [-0.4, -0.2) is 21.8 Å². The molecule has 2 aromatic carbocycles. The predicted molar refractivity (Wildman–Crippen MR) is 131 cm³/mol. The van der Waals surface area contributed by atoms with Gasteiger partial charge in [0, 0.05) is 35.5 Å². The Bertz CT molecular complexity index is 1250. The second kappa shape index (κ2) is 8.48. The standard InChI is InChI=1S/C26H24N4OS/c1-18-8-5-10-20(16-18)30-25(24(28-26(30)32)22-12-3-4-14-27-22)23-13-7-15-29(23)19-9-6-11-21(17-19)31-2/h3-17,24-25H,1-2H3,(H,28,32)/t24-,25+/m1/s1. The number of hydrogen-bond acceptors (Lipinski definition) is 3. The number of pyridine rings is 1. The lowest BCUT2D eigenvalue weighted by Gasteiger charge is -2.29. The molecule has 0 radical (unpaired) electrons. The third-order valence-electron chi connectivity index (χ3n) is 5.79. The van der Waals surface area contributed by atoms with Crippen molar-refractivity contribution >= 4 is 23.0 Å². The van der Waals surface area contributed by atoms with Gasteiger partial charge in [0.2, 0.25) is 0 Å². The number of ether oxygens (including phenoxy) is 1. The summed E-state index contributed by atoms with van der Waals surface area (Å²) in [6.07, 6.45) is 3.91. The van der Waals surface area contributed by atoms with Gasteiger partial charge in [0.25, 0.3) is 0 Å². The largest absolute Gasteiger partial charge is 0.497 e. The van der Waals surface area contributed by atoms with E-state index in [1.54, 1.807) is 7.11 Å². The average molecular weight is 441 g/mol. The van der Waals surface area contributed by atoms with Gasteiger partial charge < -0.3 is 19.5 Å². The summed E-state index contributed by atoms with van der Waals surface area (Å²) in [5.74, 6) is 0.819. The molecule has 5 nitrogen and oxygen atoms in total. The van der Waals surface area contributed by atoms with Crippen LogP contribution in [0.5, 0.6) is 5.75 Å². The molecule has 2 aromatic heterocycles. The summed E-state index contributed by atoms with van der Waals surface area (Å²) in [7, 11) is 1.69. The van der Waals surface area contributed by atoms with Gasteiger partial charge >= 0.3 is 0 Å². The molecule has 0 unspecified atom stereocenters. The number of methoxy groups -OCH3 is 1. The summed E-state index contributed by atoms with van der Waals surface area (Å²) in [5.41, 5.74) is 5.35. The van der Waals surface area contributed by atoms with Crippen molar-refractivity contribution in [2.45, 2.75) is 19.0 Å². The van der Waals surface area contributed by atoms with Crippen molar-refractivity contribution in [1.82, 2.24) is 14.9 Å². The van der Waals surface area contributed by atoms with E-state index in [2.05, 4.69) is 75.4 Å². The first-order valence-corrected chi connectivity index (χ1v) is 11.0. The van der Waals surface area contributed by atoms with Crippen molar-refractivity contribution < 1.29 is 4.74 Å². The van der Waals surface area contributed by atoms with Crippen LogP contribution in [-0.2, 0) is 0 Å². The Balaban J connectivity index is 1.67. The van der Waals surface area contributed by atoms with Gasteiger partial charge in [-0.3, -0.25) is 4.98 Å². The number of thiocarbonyl (C=S) groups is 1. The van der Waals surface area contributed by atoms with E-state index in [0.717, 1.165) is 28.5 Å². The van der Waals surface area contributed by atoms with Crippen LogP contribution >= 0.6 is 12.2 Å². The first kappa shape index (κ1) is 20.3. The Morgan fingerprint density at radius 3 is 2.56 bits per heavy atom. The topological polar surface area (TPSA) is 42.3 Å². The van der Waals surface area contributed by atoms with E-state index in [1.807, 2.05) is 42.6 Å². The van der Waals surface area contributed by atoms with Gasteiger partial charge in [-0.05, 0) is 73.2 Å². The Hall–Kier alpha value is -3.64. The van der Waals surface area contributed by atoms with E-state index >= 15 is 0 Å². The molecule has 32 heavy (non-hydrogen) atoms. The van der Waals surface area contributed by atoms with Crippen LogP contribution in [0.1, 0.15) is 29.0 Å². The number of nitrogens with zero attached hydrogens (tertiary/aromatic N) is 3. The first-order valence-electron chi connectivity index (χ1n) is 10.5. The molecule has 1 saturated heterocycles. The molecule has 0 saturated carbocycles. The van der Waals surface area contributed by atoms with Gasteiger partial charge in [-0.1, -0.05) is 24.3 Å². The van der Waals surface area contributed by atoms with Crippen molar-refractivity contribution in [2.75, 3.05) is 12.0 Å². The summed E-state index contributed by atoms with van der Waals surface area (Å²) in [5, 5.41) is 4.22. The molecule has 160 valence electrons. The monoisotopic (exact) mass is 440 g/mol. The SMILES string of the molecule is COc1cccc(-n2cccc2[C@H]2[C@@H](c3ccccn3)NC(=S)N2c2cccc(C)c2)c1. The predicted octanol–water partition coefficient (Wildman–Crippen LogP) is 5.37. The minimum atomic E-state index is -0.0940. The molecule has 1 aliphatic rings. The number of aryl methyl sites for hydroxylation is 1. The van der Waals surface area contributed by atoms with Crippen LogP contribution in [0.4, 0.5) is 5.69 Å². The molecular formula is C26H24N4OS. The van der Waals surface area contributed by atoms with Gasteiger partial charge in [0.05, 0.1) is 18.8 Å². The Morgan fingerprint density at radius 2 is 1.78 bits per heavy atom. The molecule has 0 spiro atoms. The molecule has 0 amide bonds. The molecule has 5 rings (SSSR count). The Kier molecular flexibility index (Phi) is 5.37. The zero-order valence-corrected chi connectivity index (χ0v) is 18.8. The van der Waals surface area contributed by atoms with E-state index in [9.17, 15) is 0 Å². The van der Waals surface area contributed by atoms with Crippen LogP contribution in [0.15, 0.2) is 91.3 Å². The average Bonchev–Trinajstić information content (AvgIpc) is 3.44. The van der Waals surface area contributed by atoms with Gasteiger partial charge in [-0.25, -0.2) is 0 Å². The molecule has 3 heterocycles. The van der Waals surface area contributed by atoms with Crippen molar-refractivity contribution in [3.8, 4) is 11.4 Å². The number of anilines is 1. The fourth-order valence-electron chi connectivity index (χ4n) is 4.34. The maximum Gasteiger partial charge on any atom is 0.174 e. The summed E-state index contributed by atoms with van der Waals surface area (Å²) < 4.78 is 7.66. The second-order valence-electron chi connectivity index (χ2n) is 7.84. The molecule has 6 heteroatoms.